The minimum Gasteiger partial charge on any atom is -0.423 e. The van der Waals surface area contributed by atoms with Crippen molar-refractivity contribution in [3.05, 3.63) is 76.1 Å². The Bertz CT molecular complexity index is 1030. The van der Waals surface area contributed by atoms with Crippen LogP contribution in [-0.4, -0.2) is 32.1 Å². The maximum atomic E-state index is 12.1. The normalized spacial score (nSPS) is 10.6. The van der Waals surface area contributed by atoms with Crippen molar-refractivity contribution in [2.24, 2.45) is 0 Å². The summed E-state index contributed by atoms with van der Waals surface area (Å²) in [4.78, 5) is 36.3. The van der Waals surface area contributed by atoms with Crippen molar-refractivity contribution in [2.75, 3.05) is 20.3 Å². The summed E-state index contributed by atoms with van der Waals surface area (Å²) in [7, 11) is 1.51. The van der Waals surface area contributed by atoms with Gasteiger partial charge in [-0.05, 0) is 30.3 Å². The third-order valence-electron chi connectivity index (χ3n) is 3.76. The van der Waals surface area contributed by atoms with E-state index in [0.29, 0.717) is 17.6 Å². The third-order valence-corrected chi connectivity index (χ3v) is 3.76. The number of rotatable bonds is 6. The summed E-state index contributed by atoms with van der Waals surface area (Å²) in [6, 6.07) is 14.6. The standard InChI is InChI=1S/C20H17NO6/c1-25-10-9-21-18(22)16-11-14-7-8-15(12-17(14)27-20(16)24)26-19(23)13-5-3-2-4-6-13/h2-8,11-12H,9-10H2,1H3,(H,21,22). The van der Waals surface area contributed by atoms with E-state index < -0.39 is 17.5 Å². The molecule has 3 aromatic rings. The number of carbonyl (C=O) groups excluding carboxylic acids is 2. The van der Waals surface area contributed by atoms with Gasteiger partial charge in [0.25, 0.3) is 5.91 Å². The van der Waals surface area contributed by atoms with Crippen molar-refractivity contribution in [2.45, 2.75) is 0 Å². The van der Waals surface area contributed by atoms with Gasteiger partial charge >= 0.3 is 11.6 Å². The quantitative estimate of drug-likeness (QED) is 0.311. The van der Waals surface area contributed by atoms with Gasteiger partial charge in [-0.15, -0.1) is 0 Å². The Kier molecular flexibility index (Phi) is 5.63. The van der Waals surface area contributed by atoms with Gasteiger partial charge in [0.2, 0.25) is 0 Å². The van der Waals surface area contributed by atoms with Crippen molar-refractivity contribution in [1.82, 2.24) is 5.32 Å². The largest absolute Gasteiger partial charge is 0.423 e. The van der Waals surface area contributed by atoms with Crippen LogP contribution in [0.2, 0.25) is 0 Å². The monoisotopic (exact) mass is 367 g/mol. The van der Waals surface area contributed by atoms with Crippen LogP contribution in [0.5, 0.6) is 5.75 Å². The lowest BCUT2D eigenvalue weighted by Crippen LogP contribution is -2.30. The Labute approximate surface area is 154 Å². The molecule has 0 bridgehead atoms. The molecule has 0 radical (unpaired) electrons. The van der Waals surface area contributed by atoms with Crippen LogP contribution < -0.4 is 15.7 Å². The molecule has 1 N–H and O–H groups in total. The Morgan fingerprint density at radius 3 is 2.59 bits per heavy atom. The first-order valence-corrected chi connectivity index (χ1v) is 8.21. The van der Waals surface area contributed by atoms with Crippen molar-refractivity contribution in [3.8, 4) is 5.75 Å². The molecule has 0 unspecified atom stereocenters. The second kappa shape index (κ2) is 8.29. The molecule has 0 aliphatic heterocycles. The summed E-state index contributed by atoms with van der Waals surface area (Å²) >= 11 is 0. The molecule has 7 heteroatoms. The number of methoxy groups -OCH3 is 1. The summed E-state index contributed by atoms with van der Waals surface area (Å²) < 4.78 is 15.4. The fraction of sp³-hybridized carbons (Fsp3) is 0.150. The molecule has 7 nitrogen and oxygen atoms in total. The number of hydrogen-bond acceptors (Lipinski definition) is 6. The molecule has 0 fully saturated rings. The highest BCUT2D eigenvalue weighted by Gasteiger charge is 2.14. The van der Waals surface area contributed by atoms with E-state index in [1.54, 1.807) is 42.5 Å². The molecular weight excluding hydrogens is 350 g/mol. The number of hydrogen-bond donors (Lipinski definition) is 1. The second-order valence-corrected chi connectivity index (χ2v) is 5.65. The van der Waals surface area contributed by atoms with Gasteiger partial charge in [-0.2, -0.15) is 0 Å². The highest BCUT2D eigenvalue weighted by molar-refractivity contribution is 5.97. The molecule has 2 aromatic carbocycles. The van der Waals surface area contributed by atoms with Crippen LogP contribution >= 0.6 is 0 Å². The topological polar surface area (TPSA) is 94.8 Å². The van der Waals surface area contributed by atoms with Crippen molar-refractivity contribution in [1.29, 1.82) is 0 Å². The lowest BCUT2D eigenvalue weighted by atomic mass is 10.1. The van der Waals surface area contributed by atoms with Crippen LogP contribution in [0, 0.1) is 0 Å². The van der Waals surface area contributed by atoms with Gasteiger partial charge < -0.3 is 19.2 Å². The van der Waals surface area contributed by atoms with E-state index in [9.17, 15) is 14.4 Å². The Hall–Kier alpha value is -3.45. The molecule has 0 saturated heterocycles. The Morgan fingerprint density at radius 2 is 1.85 bits per heavy atom. The molecule has 0 atom stereocenters. The molecule has 0 spiro atoms. The van der Waals surface area contributed by atoms with Crippen molar-refractivity contribution in [3.63, 3.8) is 0 Å². The molecule has 1 aromatic heterocycles. The summed E-state index contributed by atoms with van der Waals surface area (Å²) in [6.07, 6.45) is 0. The number of amides is 1. The van der Waals surface area contributed by atoms with Crippen molar-refractivity contribution >= 4 is 22.8 Å². The number of esters is 1. The molecule has 27 heavy (non-hydrogen) atoms. The smallest absolute Gasteiger partial charge is 0.349 e. The molecule has 1 amide bonds. The number of ether oxygens (including phenoxy) is 2. The third kappa shape index (κ3) is 4.39. The van der Waals surface area contributed by atoms with Gasteiger partial charge in [-0.25, -0.2) is 9.59 Å². The molecule has 0 aliphatic carbocycles. The predicted octanol–water partition coefficient (Wildman–Crippen LogP) is 2.39. The summed E-state index contributed by atoms with van der Waals surface area (Å²) in [6.45, 7) is 0.613. The number of nitrogens with one attached hydrogen (secondary N) is 1. The van der Waals surface area contributed by atoms with E-state index in [1.165, 1.54) is 19.2 Å². The van der Waals surface area contributed by atoms with Crippen LogP contribution in [0.15, 0.2) is 63.8 Å². The van der Waals surface area contributed by atoms with Crippen LogP contribution in [0.25, 0.3) is 11.0 Å². The van der Waals surface area contributed by atoms with Crippen LogP contribution in [0.1, 0.15) is 20.7 Å². The molecule has 0 aliphatic rings. The molecule has 138 valence electrons. The van der Waals surface area contributed by atoms with Gasteiger partial charge in [-0.1, -0.05) is 18.2 Å². The number of carbonyl (C=O) groups is 2. The van der Waals surface area contributed by atoms with E-state index >= 15 is 0 Å². The Morgan fingerprint density at radius 1 is 1.07 bits per heavy atom. The van der Waals surface area contributed by atoms with Gasteiger partial charge in [0.1, 0.15) is 16.9 Å². The molecule has 0 saturated carbocycles. The van der Waals surface area contributed by atoms with Gasteiger partial charge in [0.05, 0.1) is 12.2 Å². The zero-order valence-corrected chi connectivity index (χ0v) is 14.6. The van der Waals surface area contributed by atoms with Crippen LogP contribution in [0.3, 0.4) is 0 Å². The van der Waals surface area contributed by atoms with Gasteiger partial charge in [-0.3, -0.25) is 4.79 Å². The predicted molar refractivity (Wildman–Crippen MR) is 98.1 cm³/mol. The van der Waals surface area contributed by atoms with E-state index in [0.717, 1.165) is 0 Å². The van der Waals surface area contributed by atoms with Gasteiger partial charge in [0.15, 0.2) is 0 Å². The van der Waals surface area contributed by atoms with E-state index in [1.807, 2.05) is 0 Å². The highest BCUT2D eigenvalue weighted by atomic mass is 16.5. The molecular formula is C20H17NO6. The highest BCUT2D eigenvalue weighted by Crippen LogP contribution is 2.21. The average Bonchev–Trinajstić information content (AvgIpc) is 2.68. The van der Waals surface area contributed by atoms with E-state index in [4.69, 9.17) is 13.9 Å². The van der Waals surface area contributed by atoms with E-state index in [-0.39, 0.29) is 23.4 Å². The SMILES string of the molecule is COCCNC(=O)c1cc2ccc(OC(=O)c3ccccc3)cc2oc1=O. The van der Waals surface area contributed by atoms with Gasteiger partial charge in [0, 0.05) is 25.1 Å². The maximum Gasteiger partial charge on any atom is 0.349 e. The fourth-order valence-electron chi connectivity index (χ4n) is 2.42. The van der Waals surface area contributed by atoms with Crippen LogP contribution in [-0.2, 0) is 4.74 Å². The summed E-state index contributed by atoms with van der Waals surface area (Å²) in [5.74, 6) is -0.828. The van der Waals surface area contributed by atoms with Crippen LogP contribution in [0.4, 0.5) is 0 Å². The average molecular weight is 367 g/mol. The van der Waals surface area contributed by atoms with Crippen molar-refractivity contribution < 1.29 is 23.5 Å². The lowest BCUT2D eigenvalue weighted by Gasteiger charge is -2.07. The first-order valence-electron chi connectivity index (χ1n) is 8.21. The first kappa shape index (κ1) is 18.3. The zero-order chi connectivity index (χ0) is 19.2. The number of fused-ring (bicyclic) bond motifs is 1. The molecule has 1 heterocycles. The summed E-state index contributed by atoms with van der Waals surface area (Å²) in [5.41, 5.74) is -0.259. The lowest BCUT2D eigenvalue weighted by molar-refractivity contribution is 0.0734. The maximum absolute atomic E-state index is 12.1. The fourth-order valence-corrected chi connectivity index (χ4v) is 2.42. The zero-order valence-electron chi connectivity index (χ0n) is 14.6. The Balaban J connectivity index is 1.82. The number of benzene rings is 2. The first-order chi connectivity index (χ1) is 13.1. The second-order valence-electron chi connectivity index (χ2n) is 5.65. The molecule has 3 rings (SSSR count). The minimum absolute atomic E-state index is 0.104. The summed E-state index contributed by atoms with van der Waals surface area (Å²) in [5, 5.41) is 3.10. The minimum atomic E-state index is -0.774. The van der Waals surface area contributed by atoms with E-state index in [2.05, 4.69) is 5.32 Å².